The quantitative estimate of drug-likeness (QED) is 0.511. The Kier molecular flexibility index (Phi) is 14.6. The molecule has 0 aliphatic carbocycles. The summed E-state index contributed by atoms with van der Waals surface area (Å²) in [7, 11) is 0. The van der Waals surface area contributed by atoms with E-state index in [1.807, 2.05) is 6.08 Å². The largest absolute Gasteiger partial charge is 0.459 e. The Morgan fingerprint density at radius 2 is 1.55 bits per heavy atom. The Morgan fingerprint density at radius 1 is 0.970 bits per heavy atom. The SMILES string of the molecule is CC(C)[C@H]1C=C(C(=O)N2CCOCCOCCOCCOCC2)O[C@@H](OCCOCCO)C1. The first kappa shape index (κ1) is 28.0. The van der Waals surface area contributed by atoms with Gasteiger partial charge in [0, 0.05) is 19.5 Å². The van der Waals surface area contributed by atoms with Crippen molar-refractivity contribution in [1.29, 1.82) is 0 Å². The molecule has 192 valence electrons. The number of hydrogen-bond donors (Lipinski definition) is 1. The highest BCUT2D eigenvalue weighted by atomic mass is 16.7. The summed E-state index contributed by atoms with van der Waals surface area (Å²) in [6.45, 7) is 9.73. The fourth-order valence-corrected chi connectivity index (χ4v) is 3.39. The van der Waals surface area contributed by atoms with E-state index in [0.717, 1.165) is 0 Å². The van der Waals surface area contributed by atoms with Crippen LogP contribution in [0.25, 0.3) is 0 Å². The Bertz CT molecular complexity index is 542. The first-order chi connectivity index (χ1) is 16.1. The van der Waals surface area contributed by atoms with Crippen molar-refractivity contribution in [2.24, 2.45) is 11.8 Å². The number of carbonyl (C=O) groups excluding carboxylic acids is 1. The molecule has 2 aliphatic heterocycles. The Labute approximate surface area is 197 Å². The normalized spacial score (nSPS) is 24.5. The van der Waals surface area contributed by atoms with E-state index >= 15 is 0 Å². The summed E-state index contributed by atoms with van der Waals surface area (Å²) in [5, 5.41) is 8.80. The first-order valence-corrected chi connectivity index (χ1v) is 11.9. The van der Waals surface area contributed by atoms with E-state index < -0.39 is 6.29 Å². The number of aliphatic hydroxyl groups is 1. The Hall–Kier alpha value is -1.27. The monoisotopic (exact) mass is 475 g/mol. The van der Waals surface area contributed by atoms with Gasteiger partial charge in [-0.25, -0.2) is 0 Å². The van der Waals surface area contributed by atoms with Crippen molar-refractivity contribution in [3.63, 3.8) is 0 Å². The van der Waals surface area contributed by atoms with Crippen molar-refractivity contribution in [2.45, 2.75) is 26.6 Å². The molecule has 2 heterocycles. The van der Waals surface area contributed by atoms with E-state index in [4.69, 9.17) is 38.3 Å². The van der Waals surface area contributed by atoms with Crippen LogP contribution in [0.5, 0.6) is 0 Å². The van der Waals surface area contributed by atoms with Gasteiger partial charge < -0.3 is 43.2 Å². The third-order valence-electron chi connectivity index (χ3n) is 5.34. The van der Waals surface area contributed by atoms with E-state index in [2.05, 4.69) is 13.8 Å². The lowest BCUT2D eigenvalue weighted by Crippen LogP contribution is -2.41. The minimum Gasteiger partial charge on any atom is -0.459 e. The average molecular weight is 476 g/mol. The molecular formula is C23H41NO9. The lowest BCUT2D eigenvalue weighted by atomic mass is 9.90. The van der Waals surface area contributed by atoms with Crippen molar-refractivity contribution in [3.05, 3.63) is 11.8 Å². The van der Waals surface area contributed by atoms with Crippen LogP contribution in [0.2, 0.25) is 0 Å². The zero-order chi connectivity index (χ0) is 23.7. The molecule has 33 heavy (non-hydrogen) atoms. The van der Waals surface area contributed by atoms with Gasteiger partial charge in [-0.2, -0.15) is 0 Å². The van der Waals surface area contributed by atoms with Crippen molar-refractivity contribution in [1.82, 2.24) is 4.90 Å². The predicted molar refractivity (Wildman–Crippen MR) is 120 cm³/mol. The van der Waals surface area contributed by atoms with Crippen LogP contribution in [0.4, 0.5) is 0 Å². The molecular weight excluding hydrogens is 434 g/mol. The maximum absolute atomic E-state index is 13.3. The van der Waals surface area contributed by atoms with Gasteiger partial charge in [0.05, 0.1) is 79.3 Å². The van der Waals surface area contributed by atoms with E-state index in [9.17, 15) is 4.79 Å². The molecule has 1 N–H and O–H groups in total. The van der Waals surface area contributed by atoms with Crippen molar-refractivity contribution >= 4 is 5.91 Å². The predicted octanol–water partition coefficient (Wildman–Crippen LogP) is 0.823. The Morgan fingerprint density at radius 3 is 2.09 bits per heavy atom. The summed E-state index contributed by atoms with van der Waals surface area (Å²) >= 11 is 0. The van der Waals surface area contributed by atoms with Crippen LogP contribution in [0.15, 0.2) is 11.8 Å². The molecule has 0 saturated carbocycles. The van der Waals surface area contributed by atoms with E-state index in [1.54, 1.807) is 4.90 Å². The van der Waals surface area contributed by atoms with Crippen LogP contribution < -0.4 is 0 Å². The minimum atomic E-state index is -0.524. The Balaban J connectivity index is 1.95. The molecule has 1 saturated heterocycles. The van der Waals surface area contributed by atoms with Crippen LogP contribution in [0, 0.1) is 11.8 Å². The highest BCUT2D eigenvalue weighted by Crippen LogP contribution is 2.29. The molecule has 1 amide bonds. The second kappa shape index (κ2) is 17.2. The lowest BCUT2D eigenvalue weighted by molar-refractivity contribution is -0.161. The lowest BCUT2D eigenvalue weighted by Gasteiger charge is -2.33. The van der Waals surface area contributed by atoms with Gasteiger partial charge in [0.1, 0.15) is 0 Å². The minimum absolute atomic E-state index is 0.0277. The topological polar surface area (TPSA) is 105 Å². The molecule has 1 fully saturated rings. The molecule has 0 aromatic rings. The van der Waals surface area contributed by atoms with Gasteiger partial charge in [-0.05, 0) is 17.9 Å². The molecule has 2 aliphatic rings. The van der Waals surface area contributed by atoms with E-state index in [-0.39, 0.29) is 25.0 Å². The molecule has 0 bridgehead atoms. The number of amides is 1. The van der Waals surface area contributed by atoms with E-state index in [0.29, 0.717) is 97.3 Å². The second-order valence-electron chi connectivity index (χ2n) is 8.17. The van der Waals surface area contributed by atoms with Gasteiger partial charge in [-0.1, -0.05) is 13.8 Å². The maximum Gasteiger partial charge on any atom is 0.288 e. The fraction of sp³-hybridized carbons (Fsp3) is 0.870. The first-order valence-electron chi connectivity index (χ1n) is 11.9. The summed E-state index contributed by atoms with van der Waals surface area (Å²) in [6, 6.07) is 0. The highest BCUT2D eigenvalue weighted by Gasteiger charge is 2.31. The molecule has 0 aromatic heterocycles. The standard InChI is InChI=1S/C23H41NO9/c1-19(2)20-17-21(33-22(18-20)32-16-15-29-8-5-25)23(26)24-3-6-27-9-11-30-13-14-31-12-10-28-7-4-24/h17,19-20,22,25H,3-16,18H2,1-2H3/t20-,22+/m0/s1. The molecule has 10 heteroatoms. The van der Waals surface area contributed by atoms with Crippen LogP contribution in [-0.4, -0.2) is 115 Å². The summed E-state index contributed by atoms with van der Waals surface area (Å²) < 4.78 is 39.1. The summed E-state index contributed by atoms with van der Waals surface area (Å²) in [5.74, 6) is 0.592. The van der Waals surface area contributed by atoms with Gasteiger partial charge in [0.25, 0.3) is 5.91 Å². The summed E-state index contributed by atoms with van der Waals surface area (Å²) in [6.07, 6.45) is 2.05. The van der Waals surface area contributed by atoms with Gasteiger partial charge in [0.2, 0.25) is 6.29 Å². The van der Waals surface area contributed by atoms with Crippen molar-refractivity contribution in [2.75, 3.05) is 92.4 Å². The fourth-order valence-electron chi connectivity index (χ4n) is 3.39. The number of nitrogens with zero attached hydrogens (tertiary/aromatic N) is 1. The average Bonchev–Trinajstić information content (AvgIpc) is 2.82. The summed E-state index contributed by atoms with van der Waals surface area (Å²) in [5.41, 5.74) is 0. The van der Waals surface area contributed by atoms with Crippen molar-refractivity contribution < 1.29 is 43.1 Å². The number of carbonyl (C=O) groups is 1. The molecule has 2 rings (SSSR count). The van der Waals surface area contributed by atoms with Gasteiger partial charge in [-0.15, -0.1) is 0 Å². The molecule has 0 aromatic carbocycles. The third kappa shape index (κ3) is 11.6. The van der Waals surface area contributed by atoms with Gasteiger partial charge in [-0.3, -0.25) is 4.79 Å². The molecule has 0 unspecified atom stereocenters. The van der Waals surface area contributed by atoms with Crippen LogP contribution in [-0.2, 0) is 38.0 Å². The highest BCUT2D eigenvalue weighted by molar-refractivity contribution is 5.91. The van der Waals surface area contributed by atoms with Crippen LogP contribution >= 0.6 is 0 Å². The molecule has 0 spiro atoms. The zero-order valence-corrected chi connectivity index (χ0v) is 20.1. The van der Waals surface area contributed by atoms with Gasteiger partial charge >= 0.3 is 0 Å². The molecule has 2 atom stereocenters. The number of ether oxygens (including phenoxy) is 7. The van der Waals surface area contributed by atoms with E-state index in [1.165, 1.54) is 0 Å². The number of aliphatic hydroxyl groups excluding tert-OH is 1. The van der Waals surface area contributed by atoms with Crippen LogP contribution in [0.3, 0.4) is 0 Å². The summed E-state index contributed by atoms with van der Waals surface area (Å²) in [4.78, 5) is 15.0. The molecule has 10 nitrogen and oxygen atoms in total. The van der Waals surface area contributed by atoms with Crippen molar-refractivity contribution in [3.8, 4) is 0 Å². The molecule has 0 radical (unpaired) electrons. The smallest absolute Gasteiger partial charge is 0.288 e. The van der Waals surface area contributed by atoms with Crippen LogP contribution in [0.1, 0.15) is 20.3 Å². The second-order valence-corrected chi connectivity index (χ2v) is 8.17. The third-order valence-corrected chi connectivity index (χ3v) is 5.34. The van der Waals surface area contributed by atoms with Gasteiger partial charge in [0.15, 0.2) is 5.76 Å². The number of hydrogen-bond acceptors (Lipinski definition) is 9. The zero-order valence-electron chi connectivity index (χ0n) is 20.1. The number of rotatable bonds is 8. The maximum atomic E-state index is 13.3. The number of allylic oxidation sites excluding steroid dienone is 1.